The van der Waals surface area contributed by atoms with Crippen LogP contribution in [0.15, 0.2) is 18.2 Å². The zero-order valence-corrected chi connectivity index (χ0v) is 14.6. The van der Waals surface area contributed by atoms with Gasteiger partial charge in [-0.2, -0.15) is 0 Å². The van der Waals surface area contributed by atoms with Gasteiger partial charge >= 0.3 is 0 Å². The van der Waals surface area contributed by atoms with E-state index in [1.807, 2.05) is 0 Å². The van der Waals surface area contributed by atoms with Gasteiger partial charge in [-0.05, 0) is 25.0 Å². The van der Waals surface area contributed by atoms with Gasteiger partial charge in [-0.3, -0.25) is 9.59 Å². The average molecular weight is 334 g/mol. The summed E-state index contributed by atoms with van der Waals surface area (Å²) in [4.78, 5) is 26.1. The summed E-state index contributed by atoms with van der Waals surface area (Å²) >= 11 is 0. The van der Waals surface area contributed by atoms with E-state index in [9.17, 15) is 9.59 Å². The van der Waals surface area contributed by atoms with Crippen molar-refractivity contribution in [3.8, 4) is 11.5 Å². The highest BCUT2D eigenvalue weighted by Crippen LogP contribution is 2.29. The van der Waals surface area contributed by atoms with E-state index in [4.69, 9.17) is 9.47 Å². The average Bonchev–Trinajstić information content (AvgIpc) is 2.60. The number of rotatable bonds is 6. The van der Waals surface area contributed by atoms with E-state index in [1.165, 1.54) is 13.3 Å². The highest BCUT2D eigenvalue weighted by atomic mass is 16.5. The SMILES string of the molecule is COc1ccc(OC)c(NC(=O)CN(C(C)=O)C2CCCCC2)c1. The second kappa shape index (κ2) is 8.57. The van der Waals surface area contributed by atoms with Crippen molar-refractivity contribution < 1.29 is 19.1 Å². The van der Waals surface area contributed by atoms with Crippen molar-refractivity contribution in [2.75, 3.05) is 26.1 Å². The molecule has 1 aliphatic rings. The number of amides is 2. The molecular weight excluding hydrogens is 308 g/mol. The summed E-state index contributed by atoms with van der Waals surface area (Å²) in [6.07, 6.45) is 5.36. The molecule has 0 aliphatic heterocycles. The topological polar surface area (TPSA) is 67.9 Å². The fourth-order valence-corrected chi connectivity index (χ4v) is 3.15. The number of methoxy groups -OCH3 is 2. The normalized spacial score (nSPS) is 14.8. The largest absolute Gasteiger partial charge is 0.497 e. The molecule has 0 unspecified atom stereocenters. The van der Waals surface area contributed by atoms with Crippen LogP contribution in [0.4, 0.5) is 5.69 Å². The van der Waals surface area contributed by atoms with E-state index in [0.29, 0.717) is 17.2 Å². The second-order valence-electron chi connectivity index (χ2n) is 6.05. The van der Waals surface area contributed by atoms with Crippen molar-refractivity contribution in [3.63, 3.8) is 0 Å². The van der Waals surface area contributed by atoms with Gasteiger partial charge in [-0.15, -0.1) is 0 Å². The van der Waals surface area contributed by atoms with Gasteiger partial charge in [-0.1, -0.05) is 19.3 Å². The molecule has 0 heterocycles. The van der Waals surface area contributed by atoms with Gasteiger partial charge in [-0.25, -0.2) is 0 Å². The smallest absolute Gasteiger partial charge is 0.244 e. The van der Waals surface area contributed by atoms with E-state index in [1.54, 1.807) is 37.3 Å². The fourth-order valence-electron chi connectivity index (χ4n) is 3.15. The Bertz CT molecular complexity index is 582. The zero-order valence-electron chi connectivity index (χ0n) is 14.6. The van der Waals surface area contributed by atoms with E-state index in [2.05, 4.69) is 5.32 Å². The summed E-state index contributed by atoms with van der Waals surface area (Å²) in [5.74, 6) is 0.884. The molecule has 0 saturated heterocycles. The number of ether oxygens (including phenoxy) is 2. The first kappa shape index (κ1) is 18.1. The first-order valence-corrected chi connectivity index (χ1v) is 8.34. The molecule has 1 aliphatic carbocycles. The van der Waals surface area contributed by atoms with Crippen LogP contribution in [0.1, 0.15) is 39.0 Å². The Morgan fingerprint density at radius 2 is 1.88 bits per heavy atom. The molecule has 1 aromatic rings. The summed E-state index contributed by atoms with van der Waals surface area (Å²) < 4.78 is 10.4. The van der Waals surface area contributed by atoms with E-state index < -0.39 is 0 Å². The van der Waals surface area contributed by atoms with Crippen LogP contribution in [0, 0.1) is 0 Å². The number of nitrogens with one attached hydrogen (secondary N) is 1. The quantitative estimate of drug-likeness (QED) is 0.868. The fraction of sp³-hybridized carbons (Fsp3) is 0.556. The maximum atomic E-state index is 12.4. The summed E-state index contributed by atoms with van der Waals surface area (Å²) in [5.41, 5.74) is 0.536. The molecule has 24 heavy (non-hydrogen) atoms. The first-order chi connectivity index (χ1) is 11.5. The minimum absolute atomic E-state index is 0.0559. The summed E-state index contributed by atoms with van der Waals surface area (Å²) in [5, 5.41) is 2.82. The van der Waals surface area contributed by atoms with Crippen LogP contribution in [0.25, 0.3) is 0 Å². The highest BCUT2D eigenvalue weighted by Gasteiger charge is 2.25. The van der Waals surface area contributed by atoms with Crippen LogP contribution < -0.4 is 14.8 Å². The third-order valence-electron chi connectivity index (χ3n) is 4.41. The van der Waals surface area contributed by atoms with Crippen LogP contribution in [0.5, 0.6) is 11.5 Å². The molecule has 0 spiro atoms. The van der Waals surface area contributed by atoms with Crippen molar-refractivity contribution in [1.29, 1.82) is 0 Å². The Balaban J connectivity index is 2.06. The van der Waals surface area contributed by atoms with Gasteiger partial charge < -0.3 is 19.7 Å². The molecular formula is C18H26N2O4. The highest BCUT2D eigenvalue weighted by molar-refractivity contribution is 5.95. The molecule has 1 saturated carbocycles. The maximum Gasteiger partial charge on any atom is 0.244 e. The number of hydrogen-bond donors (Lipinski definition) is 1. The maximum absolute atomic E-state index is 12.4. The van der Waals surface area contributed by atoms with Crippen molar-refractivity contribution >= 4 is 17.5 Å². The predicted octanol–water partition coefficient (Wildman–Crippen LogP) is 2.82. The molecule has 0 radical (unpaired) electrons. The van der Waals surface area contributed by atoms with Crippen LogP contribution in [-0.2, 0) is 9.59 Å². The van der Waals surface area contributed by atoms with Crippen molar-refractivity contribution in [1.82, 2.24) is 4.90 Å². The van der Waals surface area contributed by atoms with Crippen molar-refractivity contribution in [2.45, 2.75) is 45.1 Å². The molecule has 0 atom stereocenters. The number of anilines is 1. The summed E-state index contributed by atoms with van der Waals surface area (Å²) in [6, 6.07) is 5.36. The lowest BCUT2D eigenvalue weighted by molar-refractivity contribution is -0.135. The molecule has 2 rings (SSSR count). The van der Waals surface area contributed by atoms with Gasteiger partial charge in [0.25, 0.3) is 0 Å². The van der Waals surface area contributed by atoms with Crippen LogP contribution >= 0.6 is 0 Å². The number of carbonyl (C=O) groups excluding carboxylic acids is 2. The molecule has 1 N–H and O–H groups in total. The van der Waals surface area contributed by atoms with Gasteiger partial charge in [0.15, 0.2) is 0 Å². The van der Waals surface area contributed by atoms with Gasteiger partial charge in [0.1, 0.15) is 18.0 Å². The third-order valence-corrected chi connectivity index (χ3v) is 4.41. The second-order valence-corrected chi connectivity index (χ2v) is 6.05. The predicted molar refractivity (Wildman–Crippen MR) is 92.4 cm³/mol. The lowest BCUT2D eigenvalue weighted by atomic mass is 9.94. The Kier molecular flexibility index (Phi) is 6.46. The monoisotopic (exact) mass is 334 g/mol. The van der Waals surface area contributed by atoms with Crippen molar-refractivity contribution in [3.05, 3.63) is 18.2 Å². The van der Waals surface area contributed by atoms with Gasteiger partial charge in [0.2, 0.25) is 11.8 Å². The third kappa shape index (κ3) is 4.63. The van der Waals surface area contributed by atoms with E-state index in [-0.39, 0.29) is 24.4 Å². The number of hydrogen-bond acceptors (Lipinski definition) is 4. The first-order valence-electron chi connectivity index (χ1n) is 8.34. The van der Waals surface area contributed by atoms with Crippen LogP contribution in [-0.4, -0.2) is 43.5 Å². The zero-order chi connectivity index (χ0) is 17.5. The Morgan fingerprint density at radius 3 is 2.46 bits per heavy atom. The molecule has 0 aromatic heterocycles. The molecule has 1 fully saturated rings. The molecule has 6 heteroatoms. The molecule has 1 aromatic carbocycles. The van der Waals surface area contributed by atoms with Crippen molar-refractivity contribution in [2.24, 2.45) is 0 Å². The minimum Gasteiger partial charge on any atom is -0.497 e. The Morgan fingerprint density at radius 1 is 1.17 bits per heavy atom. The van der Waals surface area contributed by atoms with Crippen LogP contribution in [0.3, 0.4) is 0 Å². The number of carbonyl (C=O) groups is 2. The molecule has 2 amide bonds. The standard InChI is InChI=1S/C18H26N2O4/c1-13(21)20(14-7-5-4-6-8-14)12-18(22)19-16-11-15(23-2)9-10-17(16)24-3/h9-11,14H,4-8,12H2,1-3H3,(H,19,22). The number of benzene rings is 1. The van der Waals surface area contributed by atoms with E-state index in [0.717, 1.165) is 25.7 Å². The minimum atomic E-state index is -0.234. The lowest BCUT2D eigenvalue weighted by Crippen LogP contribution is -2.44. The lowest BCUT2D eigenvalue weighted by Gasteiger charge is -2.33. The molecule has 132 valence electrons. The Labute approximate surface area is 143 Å². The van der Waals surface area contributed by atoms with Crippen LogP contribution in [0.2, 0.25) is 0 Å². The number of nitrogens with zero attached hydrogens (tertiary/aromatic N) is 1. The summed E-state index contributed by atoms with van der Waals surface area (Å²) in [7, 11) is 3.11. The Hall–Kier alpha value is -2.24. The van der Waals surface area contributed by atoms with Gasteiger partial charge in [0, 0.05) is 19.0 Å². The van der Waals surface area contributed by atoms with E-state index >= 15 is 0 Å². The molecule has 0 bridgehead atoms. The van der Waals surface area contributed by atoms with Gasteiger partial charge in [0.05, 0.1) is 19.9 Å². The molecule has 6 nitrogen and oxygen atoms in total. The summed E-state index contributed by atoms with van der Waals surface area (Å²) in [6.45, 7) is 1.58.